The van der Waals surface area contributed by atoms with Gasteiger partial charge in [0, 0.05) is 12.0 Å². The molecule has 0 amide bonds. The van der Waals surface area contributed by atoms with E-state index in [1.165, 1.54) is 0 Å². The molecule has 0 bridgehead atoms. The van der Waals surface area contributed by atoms with Gasteiger partial charge in [-0.3, -0.25) is 4.79 Å². The first-order chi connectivity index (χ1) is 8.56. The Morgan fingerprint density at radius 2 is 2.00 bits per heavy atom. The second-order valence-corrected chi connectivity index (χ2v) is 4.80. The number of aryl methyl sites for hydroxylation is 1. The van der Waals surface area contributed by atoms with Gasteiger partial charge in [-0.15, -0.1) is 0 Å². The molecule has 0 atom stereocenters. The van der Waals surface area contributed by atoms with Crippen molar-refractivity contribution < 1.29 is 4.79 Å². The summed E-state index contributed by atoms with van der Waals surface area (Å²) in [6, 6.07) is 10.8. The number of carbonyl (C=O) groups excluding carboxylic acids is 1. The number of Topliss-reactive ketones (excluding diaryl/α,β-unsaturated/α-hetero) is 1. The Morgan fingerprint density at radius 3 is 2.67 bits per heavy atom. The van der Waals surface area contributed by atoms with Gasteiger partial charge in [-0.1, -0.05) is 53.0 Å². The van der Waals surface area contributed by atoms with Crippen LogP contribution in [0.15, 0.2) is 36.4 Å². The minimum absolute atomic E-state index is 0.0183. The van der Waals surface area contributed by atoms with Crippen molar-refractivity contribution in [1.29, 1.82) is 0 Å². The molecule has 0 aliphatic carbocycles. The van der Waals surface area contributed by atoms with Gasteiger partial charge in [0.1, 0.15) is 10.3 Å². The Labute approximate surface area is 116 Å². The normalized spacial score (nSPS) is 10.4. The van der Waals surface area contributed by atoms with Crippen molar-refractivity contribution in [2.75, 3.05) is 0 Å². The van der Waals surface area contributed by atoms with Gasteiger partial charge in [-0.05, 0) is 24.6 Å². The van der Waals surface area contributed by atoms with E-state index in [-0.39, 0.29) is 17.4 Å². The van der Waals surface area contributed by atoms with E-state index in [1.54, 1.807) is 18.2 Å². The molecular weight excluding hydrogens is 269 g/mol. The van der Waals surface area contributed by atoms with Gasteiger partial charge in [0.15, 0.2) is 5.78 Å². The van der Waals surface area contributed by atoms with Gasteiger partial charge in [0.25, 0.3) is 0 Å². The topological polar surface area (TPSA) is 30.0 Å². The fraction of sp³-hybridized carbons (Fsp3) is 0.143. The van der Waals surface area contributed by atoms with Crippen LogP contribution in [0.5, 0.6) is 0 Å². The standard InChI is InChI=1S/C14H11Cl2NO/c1-9-3-2-4-10(7-9)12(18)8-11-5-6-13(15)17-14(11)16/h2-7H,8H2,1H3. The maximum Gasteiger partial charge on any atom is 0.167 e. The average molecular weight is 280 g/mol. The molecule has 2 nitrogen and oxygen atoms in total. The molecule has 0 spiro atoms. The summed E-state index contributed by atoms with van der Waals surface area (Å²) in [7, 11) is 0. The number of rotatable bonds is 3. The monoisotopic (exact) mass is 279 g/mol. The lowest BCUT2D eigenvalue weighted by atomic mass is 10.0. The highest BCUT2D eigenvalue weighted by Crippen LogP contribution is 2.18. The summed E-state index contributed by atoms with van der Waals surface area (Å²) in [6.07, 6.45) is 0.229. The molecule has 1 aromatic heterocycles. The number of nitrogens with zero attached hydrogens (tertiary/aromatic N) is 1. The summed E-state index contributed by atoms with van der Waals surface area (Å²) in [6.45, 7) is 1.95. The molecule has 0 aliphatic rings. The summed E-state index contributed by atoms with van der Waals surface area (Å²) < 4.78 is 0. The van der Waals surface area contributed by atoms with Crippen LogP contribution in [0.3, 0.4) is 0 Å². The zero-order chi connectivity index (χ0) is 13.1. The minimum atomic E-state index is 0.0183. The molecule has 0 N–H and O–H groups in total. The Morgan fingerprint density at radius 1 is 1.22 bits per heavy atom. The Balaban J connectivity index is 2.21. The number of pyridine rings is 1. The van der Waals surface area contributed by atoms with E-state index in [9.17, 15) is 4.79 Å². The number of halogens is 2. The molecule has 0 saturated carbocycles. The lowest BCUT2D eigenvalue weighted by Crippen LogP contribution is -2.04. The van der Waals surface area contributed by atoms with E-state index < -0.39 is 0 Å². The van der Waals surface area contributed by atoms with Crippen LogP contribution in [-0.4, -0.2) is 10.8 Å². The fourth-order valence-electron chi connectivity index (χ4n) is 1.67. The van der Waals surface area contributed by atoms with E-state index in [0.29, 0.717) is 16.3 Å². The van der Waals surface area contributed by atoms with E-state index >= 15 is 0 Å². The molecule has 92 valence electrons. The van der Waals surface area contributed by atoms with E-state index in [4.69, 9.17) is 23.2 Å². The van der Waals surface area contributed by atoms with Gasteiger partial charge in [0.2, 0.25) is 0 Å². The van der Waals surface area contributed by atoms with Gasteiger partial charge in [-0.25, -0.2) is 4.98 Å². The Hall–Kier alpha value is -1.38. The average Bonchev–Trinajstić information content (AvgIpc) is 2.32. The summed E-state index contributed by atoms with van der Waals surface area (Å²) in [5.74, 6) is 0.0183. The predicted octanol–water partition coefficient (Wildman–Crippen LogP) is 4.12. The lowest BCUT2D eigenvalue weighted by Gasteiger charge is -2.04. The highest BCUT2D eigenvalue weighted by atomic mass is 35.5. The van der Waals surface area contributed by atoms with Crippen molar-refractivity contribution in [3.8, 4) is 0 Å². The van der Waals surface area contributed by atoms with Crippen molar-refractivity contribution in [2.45, 2.75) is 13.3 Å². The molecule has 18 heavy (non-hydrogen) atoms. The number of carbonyl (C=O) groups is 1. The fourth-order valence-corrected chi connectivity index (χ4v) is 2.08. The predicted molar refractivity (Wildman–Crippen MR) is 73.5 cm³/mol. The molecule has 2 rings (SSSR count). The molecule has 0 saturated heterocycles. The zero-order valence-corrected chi connectivity index (χ0v) is 11.3. The summed E-state index contributed by atoms with van der Waals surface area (Å²) in [5, 5.41) is 0.607. The van der Waals surface area contributed by atoms with E-state index in [0.717, 1.165) is 5.56 Å². The Bertz CT molecular complexity index is 596. The molecule has 0 aliphatic heterocycles. The molecule has 4 heteroatoms. The van der Waals surface area contributed by atoms with Crippen molar-refractivity contribution in [2.24, 2.45) is 0 Å². The number of hydrogen-bond acceptors (Lipinski definition) is 2. The van der Waals surface area contributed by atoms with Crippen molar-refractivity contribution in [1.82, 2.24) is 4.98 Å². The Kier molecular flexibility index (Phi) is 4.00. The maximum atomic E-state index is 12.1. The molecule has 0 fully saturated rings. The third-order valence-corrected chi connectivity index (χ3v) is 3.12. The van der Waals surface area contributed by atoms with Crippen LogP contribution >= 0.6 is 23.2 Å². The van der Waals surface area contributed by atoms with Crippen LogP contribution in [0.1, 0.15) is 21.5 Å². The van der Waals surface area contributed by atoms with Crippen molar-refractivity contribution in [3.05, 3.63) is 63.4 Å². The van der Waals surface area contributed by atoms with Crippen LogP contribution < -0.4 is 0 Å². The second-order valence-electron chi connectivity index (χ2n) is 4.05. The second kappa shape index (κ2) is 5.51. The molecule has 2 aromatic rings. The van der Waals surface area contributed by atoms with Crippen LogP contribution in [0, 0.1) is 6.92 Å². The highest BCUT2D eigenvalue weighted by Gasteiger charge is 2.10. The summed E-state index contributed by atoms with van der Waals surface area (Å²) >= 11 is 11.7. The highest BCUT2D eigenvalue weighted by molar-refractivity contribution is 6.33. The van der Waals surface area contributed by atoms with Crippen molar-refractivity contribution >= 4 is 29.0 Å². The lowest BCUT2D eigenvalue weighted by molar-refractivity contribution is 0.0993. The quantitative estimate of drug-likeness (QED) is 0.625. The number of hydrogen-bond donors (Lipinski definition) is 0. The molecule has 0 unspecified atom stereocenters. The zero-order valence-electron chi connectivity index (χ0n) is 9.78. The number of aromatic nitrogens is 1. The van der Waals surface area contributed by atoms with Crippen LogP contribution in [0.4, 0.5) is 0 Å². The first-order valence-electron chi connectivity index (χ1n) is 5.47. The third kappa shape index (κ3) is 3.09. The molecule has 0 radical (unpaired) electrons. The SMILES string of the molecule is Cc1cccc(C(=O)Cc2ccc(Cl)nc2Cl)c1. The first kappa shape index (κ1) is 13.1. The van der Waals surface area contributed by atoms with Gasteiger partial charge in [0.05, 0.1) is 0 Å². The van der Waals surface area contributed by atoms with E-state index in [1.807, 2.05) is 25.1 Å². The summed E-state index contributed by atoms with van der Waals surface area (Å²) in [4.78, 5) is 16.0. The maximum absolute atomic E-state index is 12.1. The largest absolute Gasteiger partial charge is 0.294 e. The number of ketones is 1. The first-order valence-corrected chi connectivity index (χ1v) is 6.22. The number of benzene rings is 1. The van der Waals surface area contributed by atoms with E-state index in [2.05, 4.69) is 4.98 Å². The van der Waals surface area contributed by atoms with Crippen LogP contribution in [-0.2, 0) is 6.42 Å². The minimum Gasteiger partial charge on any atom is -0.294 e. The molecule has 1 heterocycles. The van der Waals surface area contributed by atoms with Gasteiger partial charge < -0.3 is 0 Å². The van der Waals surface area contributed by atoms with Crippen LogP contribution in [0.25, 0.3) is 0 Å². The van der Waals surface area contributed by atoms with Gasteiger partial charge in [-0.2, -0.15) is 0 Å². The molecule has 1 aromatic carbocycles. The molecular formula is C14H11Cl2NO. The summed E-state index contributed by atoms with van der Waals surface area (Å²) in [5.41, 5.74) is 2.43. The van der Waals surface area contributed by atoms with Gasteiger partial charge >= 0.3 is 0 Å². The smallest absolute Gasteiger partial charge is 0.167 e. The van der Waals surface area contributed by atoms with Crippen LogP contribution in [0.2, 0.25) is 10.3 Å². The third-order valence-electron chi connectivity index (χ3n) is 2.58. The van der Waals surface area contributed by atoms with Crippen molar-refractivity contribution in [3.63, 3.8) is 0 Å².